The highest BCUT2D eigenvalue weighted by atomic mass is 79.9. The Morgan fingerprint density at radius 1 is 1.42 bits per heavy atom. The van der Waals surface area contributed by atoms with Crippen molar-refractivity contribution in [3.63, 3.8) is 0 Å². The summed E-state index contributed by atoms with van der Waals surface area (Å²) in [4.78, 5) is 4.31. The summed E-state index contributed by atoms with van der Waals surface area (Å²) in [6, 6.07) is 7.90. The highest BCUT2D eigenvalue weighted by Crippen LogP contribution is 2.31. The Morgan fingerprint density at radius 3 is 2.79 bits per heavy atom. The number of nitrogens with zero attached hydrogens (tertiary/aromatic N) is 2. The predicted octanol–water partition coefficient (Wildman–Crippen LogP) is 3.41. The largest absolute Gasteiger partial charge is 0.385 e. The molecule has 1 aromatic heterocycles. The molecule has 0 bridgehead atoms. The van der Waals surface area contributed by atoms with Gasteiger partial charge in [0.2, 0.25) is 0 Å². The van der Waals surface area contributed by atoms with Crippen molar-refractivity contribution < 1.29 is 5.11 Å². The van der Waals surface area contributed by atoms with E-state index in [2.05, 4.69) is 20.9 Å². The molecule has 19 heavy (non-hydrogen) atoms. The van der Waals surface area contributed by atoms with E-state index in [1.807, 2.05) is 49.0 Å². The van der Waals surface area contributed by atoms with Crippen molar-refractivity contribution in [2.75, 3.05) is 0 Å². The molecule has 0 aliphatic heterocycles. The molecule has 2 aromatic rings. The Kier molecular flexibility index (Phi) is 4.42. The van der Waals surface area contributed by atoms with Crippen molar-refractivity contribution in [3.8, 4) is 0 Å². The van der Waals surface area contributed by atoms with Crippen LogP contribution in [0.15, 0.2) is 41.1 Å². The summed E-state index contributed by atoms with van der Waals surface area (Å²) >= 11 is 3.46. The zero-order valence-electron chi connectivity index (χ0n) is 11.3. The number of aliphatic hydroxyl groups is 1. The molecule has 0 radical (unpaired) electrons. The van der Waals surface area contributed by atoms with Gasteiger partial charge in [0, 0.05) is 30.3 Å². The van der Waals surface area contributed by atoms with Crippen LogP contribution in [-0.4, -0.2) is 14.7 Å². The Labute approximate surface area is 122 Å². The van der Waals surface area contributed by atoms with Gasteiger partial charge in [-0.1, -0.05) is 35.0 Å². The van der Waals surface area contributed by atoms with Crippen LogP contribution in [-0.2, 0) is 19.1 Å². The number of hydrogen-bond donors (Lipinski definition) is 1. The third kappa shape index (κ3) is 3.25. The molecular formula is C15H19BrN2O. The second kappa shape index (κ2) is 5.88. The monoisotopic (exact) mass is 322 g/mol. The maximum Gasteiger partial charge on any atom is 0.108 e. The molecule has 1 unspecified atom stereocenters. The SMILES string of the molecule is CCC(O)(CCc1nccn1C)c1cccc(Br)c1. The normalized spacial score (nSPS) is 14.3. The molecule has 0 aliphatic carbocycles. The van der Waals surface area contributed by atoms with Crippen LogP contribution in [0.3, 0.4) is 0 Å². The highest BCUT2D eigenvalue weighted by molar-refractivity contribution is 9.10. The average molecular weight is 323 g/mol. The van der Waals surface area contributed by atoms with Crippen LogP contribution in [0.4, 0.5) is 0 Å². The number of halogens is 1. The Morgan fingerprint density at radius 2 is 2.21 bits per heavy atom. The van der Waals surface area contributed by atoms with Gasteiger partial charge in [0.15, 0.2) is 0 Å². The summed E-state index contributed by atoms with van der Waals surface area (Å²) in [5, 5.41) is 10.8. The molecule has 1 aromatic carbocycles. The fourth-order valence-electron chi connectivity index (χ4n) is 2.26. The minimum Gasteiger partial charge on any atom is -0.385 e. The lowest BCUT2D eigenvalue weighted by atomic mass is 9.86. The number of aryl methyl sites for hydroxylation is 2. The van der Waals surface area contributed by atoms with Gasteiger partial charge in [0.05, 0.1) is 5.60 Å². The van der Waals surface area contributed by atoms with Gasteiger partial charge in [0.1, 0.15) is 5.82 Å². The molecule has 0 amide bonds. The lowest BCUT2D eigenvalue weighted by Crippen LogP contribution is -2.26. The van der Waals surface area contributed by atoms with Gasteiger partial charge in [-0.3, -0.25) is 0 Å². The fourth-order valence-corrected chi connectivity index (χ4v) is 2.66. The van der Waals surface area contributed by atoms with Crippen molar-refractivity contribution >= 4 is 15.9 Å². The van der Waals surface area contributed by atoms with Gasteiger partial charge >= 0.3 is 0 Å². The van der Waals surface area contributed by atoms with Gasteiger partial charge in [-0.2, -0.15) is 0 Å². The van der Waals surface area contributed by atoms with Crippen LogP contribution in [0.25, 0.3) is 0 Å². The predicted molar refractivity (Wildman–Crippen MR) is 79.9 cm³/mol. The molecule has 0 fully saturated rings. The molecule has 3 nitrogen and oxygen atoms in total. The topological polar surface area (TPSA) is 38.1 Å². The first-order valence-corrected chi connectivity index (χ1v) is 7.29. The minimum absolute atomic E-state index is 0.671. The van der Waals surface area contributed by atoms with Crippen molar-refractivity contribution in [1.82, 2.24) is 9.55 Å². The molecule has 0 saturated carbocycles. The van der Waals surface area contributed by atoms with Gasteiger partial charge in [-0.05, 0) is 30.5 Å². The summed E-state index contributed by atoms with van der Waals surface area (Å²) in [6.07, 6.45) is 5.85. The van der Waals surface area contributed by atoms with E-state index >= 15 is 0 Å². The first-order chi connectivity index (χ1) is 9.05. The maximum absolute atomic E-state index is 10.8. The average Bonchev–Trinajstić information content (AvgIpc) is 2.81. The van der Waals surface area contributed by atoms with Crippen molar-refractivity contribution in [2.24, 2.45) is 7.05 Å². The summed E-state index contributed by atoms with van der Waals surface area (Å²) < 4.78 is 2.99. The summed E-state index contributed by atoms with van der Waals surface area (Å²) in [7, 11) is 1.98. The molecule has 4 heteroatoms. The van der Waals surface area contributed by atoms with E-state index in [0.29, 0.717) is 12.8 Å². The number of imidazole rings is 1. The molecule has 1 heterocycles. The van der Waals surface area contributed by atoms with Crippen LogP contribution in [0.1, 0.15) is 31.2 Å². The molecular weight excluding hydrogens is 304 g/mol. The molecule has 0 saturated heterocycles. The van der Waals surface area contributed by atoms with Crippen molar-refractivity contribution in [1.29, 1.82) is 0 Å². The third-order valence-corrected chi connectivity index (χ3v) is 4.12. The summed E-state index contributed by atoms with van der Waals surface area (Å²) in [5.41, 5.74) is 0.161. The van der Waals surface area contributed by atoms with Gasteiger partial charge in [-0.15, -0.1) is 0 Å². The van der Waals surface area contributed by atoms with Crippen LogP contribution in [0, 0.1) is 0 Å². The molecule has 0 spiro atoms. The van der Waals surface area contributed by atoms with Gasteiger partial charge in [-0.25, -0.2) is 4.98 Å². The van der Waals surface area contributed by atoms with E-state index in [4.69, 9.17) is 0 Å². The quantitative estimate of drug-likeness (QED) is 0.916. The number of rotatable bonds is 5. The lowest BCUT2D eigenvalue weighted by molar-refractivity contribution is 0.0229. The zero-order valence-corrected chi connectivity index (χ0v) is 12.9. The molecule has 102 valence electrons. The first-order valence-electron chi connectivity index (χ1n) is 6.50. The van der Waals surface area contributed by atoms with Crippen LogP contribution >= 0.6 is 15.9 Å². The van der Waals surface area contributed by atoms with Crippen LogP contribution in [0.2, 0.25) is 0 Å². The first kappa shape index (κ1) is 14.3. The summed E-state index contributed by atoms with van der Waals surface area (Å²) in [5.74, 6) is 1.00. The van der Waals surface area contributed by atoms with E-state index in [1.165, 1.54) is 0 Å². The van der Waals surface area contributed by atoms with Crippen molar-refractivity contribution in [2.45, 2.75) is 31.8 Å². The number of aromatic nitrogens is 2. The van der Waals surface area contributed by atoms with Crippen LogP contribution in [0.5, 0.6) is 0 Å². The Bertz CT molecular complexity index is 553. The molecule has 1 N–H and O–H groups in total. The smallest absolute Gasteiger partial charge is 0.108 e. The van der Waals surface area contributed by atoms with Crippen LogP contribution < -0.4 is 0 Å². The summed E-state index contributed by atoms with van der Waals surface area (Å²) in [6.45, 7) is 2.01. The zero-order chi connectivity index (χ0) is 13.9. The van der Waals surface area contributed by atoms with Gasteiger partial charge in [0.25, 0.3) is 0 Å². The van der Waals surface area contributed by atoms with E-state index in [9.17, 15) is 5.11 Å². The van der Waals surface area contributed by atoms with E-state index in [1.54, 1.807) is 6.20 Å². The van der Waals surface area contributed by atoms with Gasteiger partial charge < -0.3 is 9.67 Å². The Hall–Kier alpha value is -1.13. The van der Waals surface area contributed by atoms with Crippen molar-refractivity contribution in [3.05, 3.63) is 52.5 Å². The maximum atomic E-state index is 10.8. The standard InChI is InChI=1S/C15H19BrN2O/c1-3-15(19,12-5-4-6-13(16)11-12)8-7-14-17-9-10-18(14)2/h4-6,9-11,19H,3,7-8H2,1-2H3. The second-order valence-electron chi connectivity index (χ2n) is 4.85. The highest BCUT2D eigenvalue weighted by Gasteiger charge is 2.27. The van der Waals surface area contributed by atoms with E-state index < -0.39 is 5.60 Å². The Balaban J connectivity index is 2.16. The fraction of sp³-hybridized carbons (Fsp3) is 0.400. The third-order valence-electron chi connectivity index (χ3n) is 3.63. The number of benzene rings is 1. The second-order valence-corrected chi connectivity index (χ2v) is 5.77. The molecule has 1 atom stereocenters. The van der Waals surface area contributed by atoms with E-state index in [-0.39, 0.29) is 0 Å². The molecule has 0 aliphatic rings. The minimum atomic E-state index is -0.796. The molecule has 2 rings (SSSR count). The number of hydrogen-bond acceptors (Lipinski definition) is 2. The lowest BCUT2D eigenvalue weighted by Gasteiger charge is -2.27. The van der Waals surface area contributed by atoms with E-state index in [0.717, 1.165) is 22.3 Å².